The fourth-order valence-corrected chi connectivity index (χ4v) is 3.00. The fraction of sp³-hybridized carbons (Fsp3) is 0.611. The van der Waals surface area contributed by atoms with Gasteiger partial charge >= 0.3 is 0 Å². The van der Waals surface area contributed by atoms with Gasteiger partial charge in [-0.05, 0) is 37.5 Å². The van der Waals surface area contributed by atoms with Crippen LogP contribution in [0.25, 0.3) is 0 Å². The molecule has 5 nitrogen and oxygen atoms in total. The second-order valence-electron chi connectivity index (χ2n) is 6.21. The number of carbonyl (C=O) groups is 1. The summed E-state index contributed by atoms with van der Waals surface area (Å²) in [5.41, 5.74) is 6.21. The number of nitrogens with two attached hydrogens (primary N) is 1. The predicted octanol–water partition coefficient (Wildman–Crippen LogP) is 2.88. The fourth-order valence-electron chi connectivity index (χ4n) is 3.00. The maximum atomic E-state index is 12.5. The van der Waals surface area contributed by atoms with Crippen molar-refractivity contribution in [2.24, 2.45) is 5.73 Å². The van der Waals surface area contributed by atoms with Gasteiger partial charge in [-0.25, -0.2) is 0 Å². The maximum absolute atomic E-state index is 12.5. The number of unbranched alkanes of at least 4 members (excludes halogenated alkanes) is 1. The quantitative estimate of drug-likeness (QED) is 0.722. The molecular formula is C18H28N2O3. The summed E-state index contributed by atoms with van der Waals surface area (Å²) in [5.74, 6) is 1.16. The lowest BCUT2D eigenvalue weighted by Gasteiger charge is -2.28. The molecule has 1 aliphatic carbocycles. The summed E-state index contributed by atoms with van der Waals surface area (Å²) < 4.78 is 11.1. The van der Waals surface area contributed by atoms with Crippen LogP contribution >= 0.6 is 0 Å². The Bertz CT molecular complexity index is 525. The summed E-state index contributed by atoms with van der Waals surface area (Å²) in [5, 5.41) is 3.12. The van der Waals surface area contributed by atoms with Crippen molar-refractivity contribution in [1.29, 1.82) is 0 Å². The average molecular weight is 320 g/mol. The molecule has 23 heavy (non-hydrogen) atoms. The molecule has 2 rings (SSSR count). The first-order valence-electron chi connectivity index (χ1n) is 8.47. The molecule has 0 saturated heterocycles. The lowest BCUT2D eigenvalue weighted by molar-refractivity contribution is 0.0902. The van der Waals surface area contributed by atoms with Gasteiger partial charge in [0.05, 0.1) is 19.3 Å². The molecule has 0 aromatic heterocycles. The highest BCUT2D eigenvalue weighted by Gasteiger charge is 2.34. The topological polar surface area (TPSA) is 73.6 Å². The van der Waals surface area contributed by atoms with Crippen molar-refractivity contribution in [3.05, 3.63) is 23.8 Å². The molecule has 1 aromatic rings. The van der Waals surface area contributed by atoms with Crippen molar-refractivity contribution in [1.82, 2.24) is 5.32 Å². The molecule has 0 atom stereocenters. The smallest absolute Gasteiger partial charge is 0.251 e. The van der Waals surface area contributed by atoms with E-state index < -0.39 is 0 Å². The number of methoxy groups -OCH3 is 1. The third kappa shape index (κ3) is 4.38. The first-order valence-corrected chi connectivity index (χ1v) is 8.47. The summed E-state index contributed by atoms with van der Waals surface area (Å²) in [7, 11) is 1.59. The zero-order valence-corrected chi connectivity index (χ0v) is 14.2. The molecular weight excluding hydrogens is 292 g/mol. The van der Waals surface area contributed by atoms with Gasteiger partial charge in [-0.2, -0.15) is 0 Å². The van der Waals surface area contributed by atoms with Gasteiger partial charge in [0.25, 0.3) is 5.91 Å². The van der Waals surface area contributed by atoms with E-state index in [1.807, 2.05) is 0 Å². The molecule has 5 heteroatoms. The molecule has 0 spiro atoms. The van der Waals surface area contributed by atoms with Crippen molar-refractivity contribution in [2.45, 2.75) is 51.0 Å². The average Bonchev–Trinajstić information content (AvgIpc) is 3.04. The second-order valence-corrected chi connectivity index (χ2v) is 6.21. The Labute approximate surface area is 138 Å². The Morgan fingerprint density at radius 2 is 2.04 bits per heavy atom. The molecule has 1 aromatic carbocycles. The zero-order chi connectivity index (χ0) is 16.7. The molecule has 0 aliphatic heterocycles. The van der Waals surface area contributed by atoms with Crippen LogP contribution in [0.15, 0.2) is 18.2 Å². The van der Waals surface area contributed by atoms with Gasteiger partial charge in [0.2, 0.25) is 0 Å². The number of rotatable bonds is 8. The number of hydrogen-bond donors (Lipinski definition) is 2. The minimum Gasteiger partial charge on any atom is -0.493 e. The molecule has 1 aliphatic rings. The van der Waals surface area contributed by atoms with Crippen LogP contribution in [0.3, 0.4) is 0 Å². The van der Waals surface area contributed by atoms with Gasteiger partial charge in [-0.3, -0.25) is 4.79 Å². The van der Waals surface area contributed by atoms with Gasteiger partial charge in [0, 0.05) is 12.1 Å². The molecule has 0 unspecified atom stereocenters. The summed E-state index contributed by atoms with van der Waals surface area (Å²) >= 11 is 0. The Hall–Kier alpha value is -1.75. The molecule has 0 heterocycles. The van der Waals surface area contributed by atoms with Crippen LogP contribution in [0.1, 0.15) is 55.8 Å². The van der Waals surface area contributed by atoms with Crippen molar-refractivity contribution in [3.8, 4) is 11.5 Å². The number of carbonyl (C=O) groups excluding carboxylic acids is 1. The standard InChI is InChI=1S/C18H28N2O3/c1-3-4-11-23-15-8-7-14(12-16(15)22-2)17(21)20-18(13-19)9-5-6-10-18/h7-8,12H,3-6,9-11,13,19H2,1-2H3,(H,20,21). The molecule has 0 radical (unpaired) electrons. The first kappa shape index (κ1) is 17.6. The van der Waals surface area contributed by atoms with Crippen LogP contribution in [-0.4, -0.2) is 31.7 Å². The predicted molar refractivity (Wildman–Crippen MR) is 91.1 cm³/mol. The summed E-state index contributed by atoms with van der Waals surface area (Å²) in [6.45, 7) is 3.24. The molecule has 1 amide bonds. The van der Waals surface area contributed by atoms with Gasteiger partial charge in [0.15, 0.2) is 11.5 Å². The van der Waals surface area contributed by atoms with Crippen LogP contribution in [-0.2, 0) is 0 Å². The molecule has 1 saturated carbocycles. The van der Waals surface area contributed by atoms with Gasteiger partial charge < -0.3 is 20.5 Å². The van der Waals surface area contributed by atoms with Crippen molar-refractivity contribution >= 4 is 5.91 Å². The van der Waals surface area contributed by atoms with Crippen molar-refractivity contribution < 1.29 is 14.3 Å². The second kappa shape index (κ2) is 8.20. The van der Waals surface area contributed by atoms with Gasteiger partial charge in [-0.1, -0.05) is 26.2 Å². The first-order chi connectivity index (χ1) is 11.1. The van der Waals surface area contributed by atoms with E-state index in [0.717, 1.165) is 38.5 Å². The third-order valence-corrected chi connectivity index (χ3v) is 4.51. The number of benzene rings is 1. The zero-order valence-electron chi connectivity index (χ0n) is 14.2. The van der Waals surface area contributed by atoms with E-state index in [4.69, 9.17) is 15.2 Å². The van der Waals surface area contributed by atoms with Crippen LogP contribution in [0.5, 0.6) is 11.5 Å². The number of amides is 1. The van der Waals surface area contributed by atoms with E-state index in [1.54, 1.807) is 25.3 Å². The minimum atomic E-state index is -0.249. The number of ether oxygens (including phenoxy) is 2. The van der Waals surface area contributed by atoms with Crippen LogP contribution in [0, 0.1) is 0 Å². The normalized spacial score (nSPS) is 16.1. The monoisotopic (exact) mass is 320 g/mol. The van der Waals surface area contributed by atoms with E-state index in [2.05, 4.69) is 12.2 Å². The van der Waals surface area contributed by atoms with E-state index >= 15 is 0 Å². The third-order valence-electron chi connectivity index (χ3n) is 4.51. The molecule has 0 bridgehead atoms. The number of hydrogen-bond acceptors (Lipinski definition) is 4. The minimum absolute atomic E-state index is 0.101. The lowest BCUT2D eigenvalue weighted by Crippen LogP contribution is -2.51. The summed E-state index contributed by atoms with van der Waals surface area (Å²) in [6, 6.07) is 5.31. The molecule has 128 valence electrons. The van der Waals surface area contributed by atoms with Gasteiger partial charge in [0.1, 0.15) is 0 Å². The highest BCUT2D eigenvalue weighted by molar-refractivity contribution is 5.95. The van der Waals surface area contributed by atoms with Crippen LogP contribution in [0.2, 0.25) is 0 Å². The highest BCUT2D eigenvalue weighted by atomic mass is 16.5. The number of nitrogens with one attached hydrogen (secondary N) is 1. The van der Waals surface area contributed by atoms with Crippen LogP contribution in [0.4, 0.5) is 0 Å². The maximum Gasteiger partial charge on any atom is 0.251 e. The van der Waals surface area contributed by atoms with E-state index in [0.29, 0.717) is 30.2 Å². The lowest BCUT2D eigenvalue weighted by atomic mass is 9.97. The van der Waals surface area contributed by atoms with Gasteiger partial charge in [-0.15, -0.1) is 0 Å². The van der Waals surface area contributed by atoms with E-state index in [-0.39, 0.29) is 11.4 Å². The van der Waals surface area contributed by atoms with Crippen molar-refractivity contribution in [2.75, 3.05) is 20.3 Å². The SMILES string of the molecule is CCCCOc1ccc(C(=O)NC2(CN)CCCC2)cc1OC. The molecule has 3 N–H and O–H groups in total. The van der Waals surface area contributed by atoms with E-state index in [9.17, 15) is 4.79 Å². The van der Waals surface area contributed by atoms with Crippen molar-refractivity contribution in [3.63, 3.8) is 0 Å². The highest BCUT2D eigenvalue weighted by Crippen LogP contribution is 2.31. The Balaban J connectivity index is 2.08. The Morgan fingerprint density at radius 1 is 1.30 bits per heavy atom. The molecule has 1 fully saturated rings. The Kier molecular flexibility index (Phi) is 6.28. The largest absolute Gasteiger partial charge is 0.493 e. The van der Waals surface area contributed by atoms with E-state index in [1.165, 1.54) is 0 Å². The van der Waals surface area contributed by atoms with Crippen LogP contribution < -0.4 is 20.5 Å². The Morgan fingerprint density at radius 3 is 2.65 bits per heavy atom. The summed E-state index contributed by atoms with van der Waals surface area (Å²) in [4.78, 5) is 12.5. The summed E-state index contributed by atoms with van der Waals surface area (Å²) in [6.07, 6.45) is 6.19.